The highest BCUT2D eigenvalue weighted by Gasteiger charge is 2.26. The van der Waals surface area contributed by atoms with Crippen LogP contribution in [0, 0.1) is 5.92 Å². The van der Waals surface area contributed by atoms with Gasteiger partial charge in [0.05, 0.1) is 21.3 Å². The first kappa shape index (κ1) is 16.9. The number of amides is 1. The molecular formula is C18H22N2O3S. The molecule has 0 aliphatic heterocycles. The zero-order valence-corrected chi connectivity index (χ0v) is 14.8. The molecule has 128 valence electrons. The Bertz CT molecular complexity index is 743. The van der Waals surface area contributed by atoms with Crippen LogP contribution in [-0.2, 0) is 9.53 Å². The van der Waals surface area contributed by atoms with E-state index in [0.29, 0.717) is 11.5 Å². The third-order valence-electron chi connectivity index (χ3n) is 4.66. The summed E-state index contributed by atoms with van der Waals surface area (Å²) >= 11 is 1.47. The van der Waals surface area contributed by atoms with Crippen molar-refractivity contribution in [2.75, 3.05) is 0 Å². The van der Waals surface area contributed by atoms with Crippen molar-refractivity contribution in [3.05, 3.63) is 29.3 Å². The van der Waals surface area contributed by atoms with Crippen molar-refractivity contribution in [1.29, 1.82) is 0 Å². The molecule has 1 aromatic heterocycles. The second kappa shape index (κ2) is 7.30. The lowest BCUT2D eigenvalue weighted by Gasteiger charge is -2.30. The summed E-state index contributed by atoms with van der Waals surface area (Å²) in [5, 5.41) is 3.03. The Balaban J connectivity index is 1.59. The Hall–Kier alpha value is -1.95. The second-order valence-corrected chi connectivity index (χ2v) is 7.35. The minimum Gasteiger partial charge on any atom is -0.449 e. The second-order valence-electron chi connectivity index (χ2n) is 6.46. The number of nitrogens with zero attached hydrogens (tertiary/aromatic N) is 1. The number of benzene rings is 1. The van der Waals surface area contributed by atoms with E-state index < -0.39 is 12.1 Å². The summed E-state index contributed by atoms with van der Waals surface area (Å²) in [6, 6.07) is 5.40. The van der Waals surface area contributed by atoms with Crippen LogP contribution in [0.4, 0.5) is 0 Å². The fraction of sp³-hybridized carbons (Fsp3) is 0.500. The van der Waals surface area contributed by atoms with E-state index in [-0.39, 0.29) is 11.9 Å². The molecule has 24 heavy (non-hydrogen) atoms. The molecule has 2 aromatic rings. The van der Waals surface area contributed by atoms with Gasteiger partial charge in [0.15, 0.2) is 6.10 Å². The normalized spacial score (nSPS) is 22.1. The Kier molecular flexibility index (Phi) is 5.14. The molecule has 1 heterocycles. The zero-order valence-electron chi connectivity index (χ0n) is 14.0. The average molecular weight is 346 g/mol. The molecule has 0 bridgehead atoms. The van der Waals surface area contributed by atoms with Crippen LogP contribution in [0.3, 0.4) is 0 Å². The number of nitrogens with one attached hydrogen (secondary N) is 1. The summed E-state index contributed by atoms with van der Waals surface area (Å²) < 4.78 is 6.26. The maximum Gasteiger partial charge on any atom is 0.338 e. The maximum atomic E-state index is 12.3. The van der Waals surface area contributed by atoms with Gasteiger partial charge in [0, 0.05) is 6.04 Å². The van der Waals surface area contributed by atoms with Gasteiger partial charge in [0.1, 0.15) is 0 Å². The Labute approximate surface area is 145 Å². The summed E-state index contributed by atoms with van der Waals surface area (Å²) in [6.07, 6.45) is 3.68. The number of thiazole rings is 1. The number of ether oxygens (including phenoxy) is 1. The molecule has 1 aromatic carbocycles. The minimum atomic E-state index is -0.802. The smallest absolute Gasteiger partial charge is 0.338 e. The average Bonchev–Trinajstić information content (AvgIpc) is 3.04. The fourth-order valence-corrected chi connectivity index (χ4v) is 3.81. The van der Waals surface area contributed by atoms with Crippen molar-refractivity contribution in [2.45, 2.75) is 51.7 Å². The van der Waals surface area contributed by atoms with Crippen LogP contribution in [0.5, 0.6) is 0 Å². The van der Waals surface area contributed by atoms with Gasteiger partial charge in [-0.15, -0.1) is 11.3 Å². The minimum absolute atomic E-state index is 0.181. The molecule has 0 spiro atoms. The quantitative estimate of drug-likeness (QED) is 0.860. The van der Waals surface area contributed by atoms with Crippen molar-refractivity contribution in [3.63, 3.8) is 0 Å². The molecule has 6 heteroatoms. The number of carbonyl (C=O) groups is 2. The Morgan fingerprint density at radius 1 is 1.33 bits per heavy atom. The van der Waals surface area contributed by atoms with Gasteiger partial charge in [-0.2, -0.15) is 0 Å². The molecule has 3 atom stereocenters. The van der Waals surface area contributed by atoms with Crippen molar-refractivity contribution >= 4 is 33.4 Å². The third kappa shape index (κ3) is 3.75. The largest absolute Gasteiger partial charge is 0.449 e. The zero-order chi connectivity index (χ0) is 17.1. The van der Waals surface area contributed by atoms with Gasteiger partial charge >= 0.3 is 5.97 Å². The van der Waals surface area contributed by atoms with Crippen LogP contribution in [0.15, 0.2) is 23.7 Å². The van der Waals surface area contributed by atoms with Gasteiger partial charge in [0.2, 0.25) is 0 Å². The van der Waals surface area contributed by atoms with E-state index in [1.165, 1.54) is 17.8 Å². The first-order valence-corrected chi connectivity index (χ1v) is 9.27. The van der Waals surface area contributed by atoms with Gasteiger partial charge in [-0.1, -0.05) is 19.8 Å². The number of hydrogen-bond donors (Lipinski definition) is 1. The number of carbonyl (C=O) groups excluding carboxylic acids is 2. The first-order chi connectivity index (χ1) is 11.5. The molecule has 1 amide bonds. The summed E-state index contributed by atoms with van der Waals surface area (Å²) in [5.41, 5.74) is 3.03. The van der Waals surface area contributed by atoms with Gasteiger partial charge < -0.3 is 10.1 Å². The van der Waals surface area contributed by atoms with Gasteiger partial charge in [-0.3, -0.25) is 4.79 Å². The highest BCUT2D eigenvalue weighted by molar-refractivity contribution is 7.16. The van der Waals surface area contributed by atoms with Crippen LogP contribution >= 0.6 is 11.3 Å². The lowest BCUT2D eigenvalue weighted by Crippen LogP contribution is -2.45. The molecule has 0 unspecified atom stereocenters. The monoisotopic (exact) mass is 346 g/mol. The summed E-state index contributed by atoms with van der Waals surface area (Å²) in [5.74, 6) is -0.232. The molecule has 1 fully saturated rings. The molecule has 3 rings (SSSR count). The lowest BCUT2D eigenvalue weighted by molar-refractivity contribution is -0.130. The molecule has 0 saturated heterocycles. The molecule has 1 aliphatic rings. The van der Waals surface area contributed by atoms with Gasteiger partial charge in [0.25, 0.3) is 5.91 Å². The van der Waals surface area contributed by atoms with Crippen LogP contribution in [0.25, 0.3) is 10.2 Å². The highest BCUT2D eigenvalue weighted by atomic mass is 32.1. The van der Waals surface area contributed by atoms with Crippen LogP contribution in [-0.4, -0.2) is 29.0 Å². The predicted molar refractivity (Wildman–Crippen MR) is 94.1 cm³/mol. The van der Waals surface area contributed by atoms with Crippen LogP contribution in [0.1, 0.15) is 49.9 Å². The standard InChI is InChI=1S/C18H22N2O3S/c1-11-5-3-4-6-14(11)20-17(21)12(2)23-18(22)13-7-8-15-16(9-13)24-10-19-15/h7-12,14H,3-6H2,1-2H3,(H,20,21)/t11-,12-,14-/m0/s1. The third-order valence-corrected chi connectivity index (χ3v) is 5.45. The number of hydrogen-bond acceptors (Lipinski definition) is 5. The van der Waals surface area contributed by atoms with Crippen molar-refractivity contribution in [2.24, 2.45) is 5.92 Å². The Morgan fingerprint density at radius 3 is 2.92 bits per heavy atom. The number of fused-ring (bicyclic) bond motifs is 1. The molecule has 1 aliphatic carbocycles. The van der Waals surface area contributed by atoms with Crippen LogP contribution < -0.4 is 5.32 Å². The van der Waals surface area contributed by atoms with E-state index in [4.69, 9.17) is 4.74 Å². The molecule has 5 nitrogen and oxygen atoms in total. The first-order valence-electron chi connectivity index (χ1n) is 8.39. The summed E-state index contributed by atoms with van der Waals surface area (Å²) in [6.45, 7) is 3.77. The van der Waals surface area contributed by atoms with Gasteiger partial charge in [-0.25, -0.2) is 9.78 Å². The van der Waals surface area contributed by atoms with E-state index in [1.54, 1.807) is 30.6 Å². The van der Waals surface area contributed by atoms with E-state index in [1.807, 2.05) is 0 Å². The summed E-state index contributed by atoms with van der Waals surface area (Å²) in [7, 11) is 0. The molecule has 1 saturated carbocycles. The van der Waals surface area contributed by atoms with Gasteiger partial charge in [-0.05, 0) is 43.9 Å². The lowest BCUT2D eigenvalue weighted by atomic mass is 9.86. The Morgan fingerprint density at radius 2 is 2.12 bits per heavy atom. The van der Waals surface area contributed by atoms with E-state index >= 15 is 0 Å². The number of esters is 1. The van der Waals surface area contributed by atoms with Crippen molar-refractivity contribution < 1.29 is 14.3 Å². The van der Waals surface area contributed by atoms with E-state index in [0.717, 1.165) is 29.5 Å². The summed E-state index contributed by atoms with van der Waals surface area (Å²) in [4.78, 5) is 28.7. The molecule has 0 radical (unpaired) electrons. The van der Waals surface area contributed by atoms with Crippen molar-refractivity contribution in [3.8, 4) is 0 Å². The number of rotatable bonds is 4. The molecular weight excluding hydrogens is 324 g/mol. The number of aromatic nitrogens is 1. The van der Waals surface area contributed by atoms with Crippen molar-refractivity contribution in [1.82, 2.24) is 10.3 Å². The van der Waals surface area contributed by atoms with Crippen LogP contribution in [0.2, 0.25) is 0 Å². The SMILES string of the molecule is C[C@H](OC(=O)c1ccc2ncsc2c1)C(=O)N[C@H]1CCCC[C@@H]1C. The maximum absolute atomic E-state index is 12.3. The molecule has 1 N–H and O–H groups in total. The highest BCUT2D eigenvalue weighted by Crippen LogP contribution is 2.24. The van der Waals surface area contributed by atoms with E-state index in [9.17, 15) is 9.59 Å². The topological polar surface area (TPSA) is 68.3 Å². The van der Waals surface area contributed by atoms with E-state index in [2.05, 4.69) is 17.2 Å². The predicted octanol–water partition coefficient (Wildman–Crippen LogP) is 3.54. The fourth-order valence-electron chi connectivity index (χ4n) is 3.09.